The maximum Gasteiger partial charge on any atom is 0.423 e. The van der Waals surface area contributed by atoms with E-state index in [4.69, 9.17) is 9.47 Å². The van der Waals surface area contributed by atoms with Crippen LogP contribution >= 0.6 is 0 Å². The number of aromatic nitrogens is 2. The van der Waals surface area contributed by atoms with Crippen LogP contribution < -0.4 is 16.6 Å². The van der Waals surface area contributed by atoms with Gasteiger partial charge in [-0.15, -0.1) is 0 Å². The Morgan fingerprint density at radius 1 is 1.52 bits per heavy atom. The van der Waals surface area contributed by atoms with Gasteiger partial charge in [-0.3, -0.25) is 14.3 Å². The summed E-state index contributed by atoms with van der Waals surface area (Å²) in [6.07, 6.45) is -9.07. The molecule has 1 aromatic rings. The predicted octanol–water partition coefficient (Wildman–Crippen LogP) is -0.821. The van der Waals surface area contributed by atoms with Gasteiger partial charge < -0.3 is 19.9 Å². The Morgan fingerprint density at radius 2 is 2.16 bits per heavy atom. The summed E-state index contributed by atoms with van der Waals surface area (Å²) in [7, 11) is 1.32. The normalized spacial score (nSPS) is 23.0. The average molecular weight is 364 g/mol. The first-order valence-electron chi connectivity index (χ1n) is 6.74. The smallest absolute Gasteiger partial charge is 0.423 e. The minimum Gasteiger partial charge on any atom is -0.447 e. The van der Waals surface area contributed by atoms with Crippen LogP contribution in [0.15, 0.2) is 15.8 Å². The van der Waals surface area contributed by atoms with E-state index in [9.17, 15) is 32.7 Å². The molecule has 2 rings (SSSR count). The van der Waals surface area contributed by atoms with Gasteiger partial charge in [-0.25, -0.2) is 9.59 Å². The third-order valence-electron chi connectivity index (χ3n) is 3.37. The first-order chi connectivity index (χ1) is 11.1. The monoisotopic (exact) mass is 364 g/mol. The molecule has 13 heteroatoms. The number of amides is 1. The fourth-order valence-electron chi connectivity index (χ4n) is 2.17. The molecular formula is C12H14BF3N3O6. The molecule has 0 saturated carbocycles. The fourth-order valence-corrected chi connectivity index (χ4v) is 2.17. The summed E-state index contributed by atoms with van der Waals surface area (Å²) in [6, 6.07) is 0. The van der Waals surface area contributed by atoms with Gasteiger partial charge in [0, 0.05) is 28.1 Å². The van der Waals surface area contributed by atoms with Crippen molar-refractivity contribution in [2.75, 3.05) is 13.7 Å². The summed E-state index contributed by atoms with van der Waals surface area (Å²) in [5, 5.41) is 12.0. The maximum absolute atomic E-state index is 12.8. The molecule has 1 amide bonds. The molecule has 0 bridgehead atoms. The lowest BCUT2D eigenvalue weighted by molar-refractivity contribution is -0.139. The quantitative estimate of drug-likeness (QED) is 0.603. The molecule has 137 valence electrons. The van der Waals surface area contributed by atoms with Crippen LogP contribution in [-0.2, 0) is 15.7 Å². The van der Waals surface area contributed by atoms with Crippen molar-refractivity contribution >= 4 is 14.5 Å². The van der Waals surface area contributed by atoms with Crippen LogP contribution in [0.2, 0.25) is 0 Å². The van der Waals surface area contributed by atoms with E-state index in [1.165, 1.54) is 7.05 Å². The number of hydrogen-bond donors (Lipinski definition) is 3. The van der Waals surface area contributed by atoms with Crippen molar-refractivity contribution in [3.8, 4) is 0 Å². The molecule has 3 atom stereocenters. The van der Waals surface area contributed by atoms with Crippen LogP contribution in [0.1, 0.15) is 18.2 Å². The van der Waals surface area contributed by atoms with Gasteiger partial charge in [-0.1, -0.05) is 0 Å². The summed E-state index contributed by atoms with van der Waals surface area (Å²) in [4.78, 5) is 35.5. The number of alkyl halides is 3. The summed E-state index contributed by atoms with van der Waals surface area (Å²) in [5.41, 5.74) is -4.25. The average Bonchev–Trinajstić information content (AvgIpc) is 2.84. The van der Waals surface area contributed by atoms with Gasteiger partial charge in [0.05, 0.1) is 6.10 Å². The SMILES string of the molecule is CNC(=O)OC[C@@H]1O[C@H](n2cc(C(F)(F)F)c(=O)[nH]c2=O)C[C@@H]1O.[B]. The zero-order valence-electron chi connectivity index (χ0n) is 12.9. The van der Waals surface area contributed by atoms with Crippen LogP contribution in [0.3, 0.4) is 0 Å². The molecule has 0 unspecified atom stereocenters. The number of H-pyrrole nitrogens is 1. The van der Waals surface area contributed by atoms with Crippen LogP contribution in [-0.4, -0.2) is 55.0 Å². The Labute approximate surface area is 140 Å². The molecule has 3 N–H and O–H groups in total. The van der Waals surface area contributed by atoms with E-state index in [1.807, 2.05) is 0 Å². The lowest BCUT2D eigenvalue weighted by Crippen LogP contribution is -2.36. The number of aliphatic hydroxyl groups excluding tert-OH is 1. The number of carbonyl (C=O) groups is 1. The number of aromatic amines is 1. The van der Waals surface area contributed by atoms with E-state index < -0.39 is 47.5 Å². The number of rotatable bonds is 3. The highest BCUT2D eigenvalue weighted by molar-refractivity contribution is 5.75. The number of alkyl carbamates (subject to hydrolysis) is 1. The molecule has 1 saturated heterocycles. The molecule has 1 fully saturated rings. The molecule has 9 nitrogen and oxygen atoms in total. The summed E-state index contributed by atoms with van der Waals surface area (Å²) >= 11 is 0. The van der Waals surface area contributed by atoms with Crippen molar-refractivity contribution < 1.29 is 32.5 Å². The number of nitrogens with one attached hydrogen (secondary N) is 2. The highest BCUT2D eigenvalue weighted by atomic mass is 19.4. The summed E-state index contributed by atoms with van der Waals surface area (Å²) < 4.78 is 48.8. The number of halogens is 3. The van der Waals surface area contributed by atoms with E-state index in [2.05, 4.69) is 5.32 Å². The van der Waals surface area contributed by atoms with Gasteiger partial charge in [0.2, 0.25) is 0 Å². The van der Waals surface area contributed by atoms with Gasteiger partial charge in [-0.2, -0.15) is 13.2 Å². The number of aliphatic hydroxyl groups is 1. The van der Waals surface area contributed by atoms with E-state index in [0.717, 1.165) is 0 Å². The Hall–Kier alpha value is -2.28. The Kier molecular flexibility index (Phi) is 6.43. The minimum atomic E-state index is -4.96. The molecule has 3 radical (unpaired) electrons. The van der Waals surface area contributed by atoms with Crippen LogP contribution in [0, 0.1) is 0 Å². The Morgan fingerprint density at radius 3 is 2.72 bits per heavy atom. The van der Waals surface area contributed by atoms with Gasteiger partial charge >= 0.3 is 18.0 Å². The van der Waals surface area contributed by atoms with E-state index in [0.29, 0.717) is 10.8 Å². The number of ether oxygens (including phenoxy) is 2. The first kappa shape index (κ1) is 20.8. The van der Waals surface area contributed by atoms with Crippen LogP contribution in [0.5, 0.6) is 0 Å². The summed E-state index contributed by atoms with van der Waals surface area (Å²) in [5.74, 6) is 0. The zero-order valence-corrected chi connectivity index (χ0v) is 12.9. The fraction of sp³-hybridized carbons (Fsp3) is 0.583. The van der Waals surface area contributed by atoms with Crippen molar-refractivity contribution in [3.63, 3.8) is 0 Å². The van der Waals surface area contributed by atoms with E-state index in [1.54, 1.807) is 4.98 Å². The van der Waals surface area contributed by atoms with Crippen molar-refractivity contribution in [2.45, 2.75) is 31.0 Å². The van der Waals surface area contributed by atoms with Crippen molar-refractivity contribution in [2.24, 2.45) is 0 Å². The van der Waals surface area contributed by atoms with Gasteiger partial charge in [-0.05, 0) is 0 Å². The highest BCUT2D eigenvalue weighted by Gasteiger charge is 2.39. The lowest BCUT2D eigenvalue weighted by atomic mass is 10.2. The molecule has 0 aromatic carbocycles. The summed E-state index contributed by atoms with van der Waals surface area (Å²) in [6.45, 7) is -0.360. The van der Waals surface area contributed by atoms with Crippen LogP contribution in [0.25, 0.3) is 0 Å². The van der Waals surface area contributed by atoms with E-state index >= 15 is 0 Å². The zero-order chi connectivity index (χ0) is 18.1. The maximum atomic E-state index is 12.8. The second-order valence-electron chi connectivity index (χ2n) is 4.99. The van der Waals surface area contributed by atoms with Crippen molar-refractivity contribution in [1.29, 1.82) is 0 Å². The van der Waals surface area contributed by atoms with Crippen molar-refractivity contribution in [1.82, 2.24) is 14.9 Å². The Balaban J connectivity index is 0.00000312. The molecule has 25 heavy (non-hydrogen) atoms. The predicted molar refractivity (Wildman–Crippen MR) is 77.0 cm³/mol. The van der Waals surface area contributed by atoms with Crippen LogP contribution in [0.4, 0.5) is 18.0 Å². The number of hydrogen-bond acceptors (Lipinski definition) is 6. The molecule has 1 aliphatic heterocycles. The number of carbonyl (C=O) groups excluding carboxylic acids is 1. The lowest BCUT2D eigenvalue weighted by Gasteiger charge is -2.17. The first-order valence-corrected chi connectivity index (χ1v) is 6.74. The molecule has 1 aliphatic rings. The second-order valence-corrected chi connectivity index (χ2v) is 4.99. The van der Waals surface area contributed by atoms with Gasteiger partial charge in [0.25, 0.3) is 5.56 Å². The van der Waals surface area contributed by atoms with Crippen molar-refractivity contribution in [3.05, 3.63) is 32.6 Å². The second kappa shape index (κ2) is 7.74. The highest BCUT2D eigenvalue weighted by Crippen LogP contribution is 2.30. The van der Waals surface area contributed by atoms with Gasteiger partial charge in [0.1, 0.15) is 24.5 Å². The topological polar surface area (TPSA) is 123 Å². The molecular weight excluding hydrogens is 350 g/mol. The molecule has 2 heterocycles. The Bertz CT molecular complexity index is 734. The third kappa shape index (κ3) is 4.63. The minimum absolute atomic E-state index is 0. The van der Waals surface area contributed by atoms with Gasteiger partial charge in [0.15, 0.2) is 0 Å². The standard InChI is InChI=1S/C12H14F3N3O6.B/c1-16-11(22)23-4-7-6(19)2-8(24-7)18-3-5(12(13,14)15)9(20)17-10(18)21;/h3,6-8,19H,2,4H2,1H3,(H,16,22)(H,17,20,21);/t6-,7-,8-;/m0./s1. The third-order valence-corrected chi connectivity index (χ3v) is 3.37. The molecule has 0 spiro atoms. The number of nitrogens with zero attached hydrogens (tertiary/aromatic N) is 1. The van der Waals surface area contributed by atoms with E-state index in [-0.39, 0.29) is 21.4 Å². The largest absolute Gasteiger partial charge is 0.447 e. The molecule has 1 aromatic heterocycles. The molecule has 0 aliphatic carbocycles.